The summed E-state index contributed by atoms with van der Waals surface area (Å²) in [7, 11) is 6.60. The maximum Gasteiger partial charge on any atom is 0.0328 e. The van der Waals surface area contributed by atoms with E-state index in [0.29, 0.717) is 6.04 Å². The maximum absolute atomic E-state index is 3.64. The molecule has 0 spiro atoms. The zero-order valence-electron chi connectivity index (χ0n) is 13.4. The molecule has 0 aromatic carbocycles. The molecule has 2 atom stereocenters. The molecule has 1 aliphatic rings. The molecule has 0 radical (unpaired) electrons. The molecule has 0 saturated heterocycles. The van der Waals surface area contributed by atoms with E-state index in [1.165, 1.54) is 38.5 Å². The van der Waals surface area contributed by atoms with Crippen LogP contribution in [0.15, 0.2) is 0 Å². The maximum atomic E-state index is 3.64. The van der Waals surface area contributed by atoms with Crippen molar-refractivity contribution in [3.8, 4) is 0 Å². The Morgan fingerprint density at radius 1 is 1.17 bits per heavy atom. The molecule has 0 aromatic rings. The molecule has 0 bridgehead atoms. The normalized spacial score (nSPS) is 30.2. The minimum Gasteiger partial charge on any atom is -0.315 e. The lowest BCUT2D eigenvalue weighted by atomic mass is 9.71. The highest BCUT2D eigenvalue weighted by atomic mass is 15.2. The monoisotopic (exact) mass is 254 g/mol. The third-order valence-electron chi connectivity index (χ3n) is 5.66. The average Bonchev–Trinajstić information content (AvgIpc) is 2.39. The molecule has 2 nitrogen and oxygen atoms in total. The Hall–Kier alpha value is -0.0800. The lowest BCUT2D eigenvalue weighted by molar-refractivity contribution is 0.0653. The molecule has 18 heavy (non-hydrogen) atoms. The van der Waals surface area contributed by atoms with Gasteiger partial charge in [-0.2, -0.15) is 0 Å². The van der Waals surface area contributed by atoms with Crippen molar-refractivity contribution < 1.29 is 0 Å². The Balaban J connectivity index is 2.72. The topological polar surface area (TPSA) is 15.3 Å². The predicted octanol–water partition coefficient (Wildman–Crippen LogP) is 3.52. The van der Waals surface area contributed by atoms with Gasteiger partial charge in [0.1, 0.15) is 0 Å². The molecule has 0 amide bonds. The van der Waals surface area contributed by atoms with Crippen molar-refractivity contribution >= 4 is 0 Å². The molecular formula is C16H34N2. The van der Waals surface area contributed by atoms with Crippen LogP contribution in [0.3, 0.4) is 0 Å². The van der Waals surface area contributed by atoms with Gasteiger partial charge >= 0.3 is 0 Å². The highest BCUT2D eigenvalue weighted by Gasteiger charge is 2.39. The van der Waals surface area contributed by atoms with E-state index in [0.717, 1.165) is 11.8 Å². The van der Waals surface area contributed by atoms with E-state index >= 15 is 0 Å². The lowest BCUT2D eigenvalue weighted by Crippen LogP contribution is -2.59. The molecule has 0 aromatic heterocycles. The summed E-state index contributed by atoms with van der Waals surface area (Å²) in [5, 5.41) is 3.64. The summed E-state index contributed by atoms with van der Waals surface area (Å²) in [5.74, 6) is 1.84. The third-order valence-corrected chi connectivity index (χ3v) is 5.66. The fraction of sp³-hybridized carbons (Fsp3) is 1.00. The fourth-order valence-corrected chi connectivity index (χ4v) is 3.80. The molecule has 0 heterocycles. The smallest absolute Gasteiger partial charge is 0.0328 e. The van der Waals surface area contributed by atoms with Gasteiger partial charge in [-0.3, -0.25) is 0 Å². The molecule has 0 aliphatic heterocycles. The number of likely N-dealkylation sites (N-methyl/N-ethyl adjacent to an activating group) is 2. The van der Waals surface area contributed by atoms with Crippen molar-refractivity contribution in [3.05, 3.63) is 0 Å². The van der Waals surface area contributed by atoms with Gasteiger partial charge in [0.25, 0.3) is 0 Å². The van der Waals surface area contributed by atoms with Crippen LogP contribution in [0, 0.1) is 11.8 Å². The fourth-order valence-electron chi connectivity index (χ4n) is 3.80. The van der Waals surface area contributed by atoms with Gasteiger partial charge in [-0.05, 0) is 59.2 Å². The van der Waals surface area contributed by atoms with E-state index < -0.39 is 0 Å². The molecule has 1 N–H and O–H groups in total. The van der Waals surface area contributed by atoms with Gasteiger partial charge in [0, 0.05) is 11.6 Å². The highest BCUT2D eigenvalue weighted by molar-refractivity contribution is 4.98. The SMILES string of the molecule is CCC1CCC(C(NC)C(C)(CC)N(C)C)CC1. The van der Waals surface area contributed by atoms with Crippen LogP contribution in [0.2, 0.25) is 0 Å². The van der Waals surface area contributed by atoms with Crippen LogP contribution in [0.5, 0.6) is 0 Å². The number of nitrogens with zero attached hydrogens (tertiary/aromatic N) is 1. The van der Waals surface area contributed by atoms with Crippen LogP contribution in [0.4, 0.5) is 0 Å². The van der Waals surface area contributed by atoms with Gasteiger partial charge in [-0.15, -0.1) is 0 Å². The molecular weight excluding hydrogens is 220 g/mol. The predicted molar refractivity (Wildman–Crippen MR) is 81.0 cm³/mol. The summed E-state index contributed by atoms with van der Waals surface area (Å²) >= 11 is 0. The first-order chi connectivity index (χ1) is 8.49. The van der Waals surface area contributed by atoms with E-state index in [1.54, 1.807) is 0 Å². The van der Waals surface area contributed by atoms with E-state index in [1.807, 2.05) is 0 Å². The highest BCUT2D eigenvalue weighted by Crippen LogP contribution is 2.37. The average molecular weight is 254 g/mol. The van der Waals surface area contributed by atoms with Crippen molar-refractivity contribution in [2.75, 3.05) is 21.1 Å². The zero-order valence-corrected chi connectivity index (χ0v) is 13.4. The molecule has 2 heteroatoms. The Bertz CT molecular complexity index is 231. The van der Waals surface area contributed by atoms with Crippen LogP contribution in [-0.4, -0.2) is 37.6 Å². The minimum atomic E-state index is 0.276. The standard InChI is InChI=1S/C16H34N2/c1-7-13-9-11-14(12-10-13)15(17-4)16(3,8-2)18(5)6/h13-15,17H,7-12H2,1-6H3. The molecule has 1 rings (SSSR count). The first-order valence-electron chi connectivity index (χ1n) is 7.84. The third kappa shape index (κ3) is 3.27. The van der Waals surface area contributed by atoms with Gasteiger partial charge < -0.3 is 10.2 Å². The van der Waals surface area contributed by atoms with Crippen LogP contribution in [0.1, 0.15) is 59.3 Å². The summed E-state index contributed by atoms with van der Waals surface area (Å²) in [6.07, 6.45) is 8.27. The van der Waals surface area contributed by atoms with Gasteiger partial charge in [0.2, 0.25) is 0 Å². The molecule has 1 aliphatic carbocycles. The van der Waals surface area contributed by atoms with Crippen LogP contribution >= 0.6 is 0 Å². The van der Waals surface area contributed by atoms with E-state index in [9.17, 15) is 0 Å². The van der Waals surface area contributed by atoms with Crippen molar-refractivity contribution in [1.82, 2.24) is 10.2 Å². The first-order valence-corrected chi connectivity index (χ1v) is 7.84. The summed E-state index contributed by atoms with van der Waals surface area (Å²) in [5.41, 5.74) is 0.276. The van der Waals surface area contributed by atoms with Gasteiger partial charge in [0.05, 0.1) is 0 Å². The zero-order chi connectivity index (χ0) is 13.8. The van der Waals surface area contributed by atoms with Gasteiger partial charge in [0.15, 0.2) is 0 Å². The summed E-state index contributed by atoms with van der Waals surface area (Å²) < 4.78 is 0. The van der Waals surface area contributed by atoms with Crippen LogP contribution < -0.4 is 5.32 Å². The number of hydrogen-bond acceptors (Lipinski definition) is 2. The van der Waals surface area contributed by atoms with Gasteiger partial charge in [-0.25, -0.2) is 0 Å². The molecule has 108 valence electrons. The summed E-state index contributed by atoms with van der Waals surface area (Å²) in [6.45, 7) is 7.08. The lowest BCUT2D eigenvalue weighted by Gasteiger charge is -2.47. The second-order valence-electron chi connectivity index (χ2n) is 6.56. The van der Waals surface area contributed by atoms with E-state index in [-0.39, 0.29) is 5.54 Å². The second-order valence-corrected chi connectivity index (χ2v) is 6.56. The Kier molecular flexibility index (Phi) is 6.13. The number of nitrogens with one attached hydrogen (secondary N) is 1. The van der Waals surface area contributed by atoms with Crippen molar-refractivity contribution in [3.63, 3.8) is 0 Å². The van der Waals surface area contributed by atoms with Crippen molar-refractivity contribution in [1.29, 1.82) is 0 Å². The van der Waals surface area contributed by atoms with Gasteiger partial charge in [-0.1, -0.05) is 33.1 Å². The van der Waals surface area contributed by atoms with Crippen molar-refractivity contribution in [2.24, 2.45) is 11.8 Å². The molecule has 1 saturated carbocycles. The first kappa shape index (κ1) is 16.0. The molecule has 2 unspecified atom stereocenters. The quantitative estimate of drug-likeness (QED) is 0.780. The molecule has 1 fully saturated rings. The number of rotatable bonds is 6. The summed E-state index contributed by atoms with van der Waals surface area (Å²) in [6, 6.07) is 0.621. The Morgan fingerprint density at radius 2 is 1.72 bits per heavy atom. The number of hydrogen-bond donors (Lipinski definition) is 1. The van der Waals surface area contributed by atoms with E-state index in [4.69, 9.17) is 0 Å². The van der Waals surface area contributed by atoms with Crippen molar-refractivity contribution in [2.45, 2.75) is 70.9 Å². The van der Waals surface area contributed by atoms with E-state index in [2.05, 4.69) is 52.1 Å². The van der Waals surface area contributed by atoms with Crippen LogP contribution in [-0.2, 0) is 0 Å². The second kappa shape index (κ2) is 6.91. The summed E-state index contributed by atoms with van der Waals surface area (Å²) in [4.78, 5) is 2.42. The minimum absolute atomic E-state index is 0.276. The Labute approximate surface area is 115 Å². The largest absolute Gasteiger partial charge is 0.315 e. The van der Waals surface area contributed by atoms with Crippen LogP contribution in [0.25, 0.3) is 0 Å². The Morgan fingerprint density at radius 3 is 2.06 bits per heavy atom.